The first-order chi connectivity index (χ1) is 10.2. The van der Waals surface area contributed by atoms with Crippen LogP contribution in [0.25, 0.3) is 0 Å². The van der Waals surface area contributed by atoms with E-state index in [1.807, 2.05) is 60.5 Å². The van der Waals surface area contributed by atoms with Gasteiger partial charge in [-0.25, -0.2) is 0 Å². The second-order valence-electron chi connectivity index (χ2n) is 4.98. The lowest BCUT2D eigenvalue weighted by Gasteiger charge is -2.17. The number of carbonyl (C=O) groups is 1. The van der Waals surface area contributed by atoms with Crippen molar-refractivity contribution in [2.45, 2.75) is 13.0 Å². The molecule has 1 amide bonds. The number of nitrogens with zero attached hydrogens (tertiary/aromatic N) is 1. The predicted octanol–water partition coefficient (Wildman–Crippen LogP) is 2.68. The molecule has 21 heavy (non-hydrogen) atoms. The van der Waals surface area contributed by atoms with Gasteiger partial charge in [0.25, 0.3) is 5.91 Å². The third-order valence-electron chi connectivity index (χ3n) is 3.57. The van der Waals surface area contributed by atoms with Crippen molar-refractivity contribution in [2.75, 3.05) is 6.67 Å². The topological polar surface area (TPSA) is 44.4 Å². The number of carbonyl (C=O) groups excluding carboxylic acids is 1. The zero-order chi connectivity index (χ0) is 14.8. The van der Waals surface area contributed by atoms with E-state index in [0.717, 1.165) is 11.3 Å². The van der Waals surface area contributed by atoms with Crippen LogP contribution in [0.2, 0.25) is 5.02 Å². The highest BCUT2D eigenvalue weighted by Gasteiger charge is 2.25. The summed E-state index contributed by atoms with van der Waals surface area (Å²) in [5.41, 5.74) is 2.39. The van der Waals surface area contributed by atoms with E-state index in [1.165, 1.54) is 0 Å². The molecule has 1 aromatic rings. The number of rotatable bonds is 3. The molecule has 1 unspecified atom stereocenters. The molecule has 0 aromatic heterocycles. The molecule has 0 saturated heterocycles. The van der Waals surface area contributed by atoms with Crippen molar-refractivity contribution in [3.63, 3.8) is 0 Å². The van der Waals surface area contributed by atoms with Crippen LogP contribution >= 0.6 is 11.6 Å². The molecule has 2 heterocycles. The van der Waals surface area contributed by atoms with Crippen molar-refractivity contribution in [3.8, 4) is 0 Å². The maximum atomic E-state index is 12.4. The minimum absolute atomic E-state index is 0.125. The first-order valence-corrected chi connectivity index (χ1v) is 7.19. The average molecular weight is 302 g/mol. The van der Waals surface area contributed by atoms with E-state index in [1.54, 1.807) is 0 Å². The van der Waals surface area contributed by atoms with E-state index in [-0.39, 0.29) is 11.9 Å². The van der Waals surface area contributed by atoms with Crippen molar-refractivity contribution in [1.82, 2.24) is 15.5 Å². The van der Waals surface area contributed by atoms with E-state index in [2.05, 4.69) is 10.6 Å². The fourth-order valence-electron chi connectivity index (χ4n) is 2.47. The molecule has 0 aliphatic carbocycles. The second kappa shape index (κ2) is 5.66. The first kappa shape index (κ1) is 13.8. The lowest BCUT2D eigenvalue weighted by atomic mass is 10.1. The van der Waals surface area contributed by atoms with E-state index in [9.17, 15) is 4.79 Å². The van der Waals surface area contributed by atoms with Gasteiger partial charge in [0.2, 0.25) is 0 Å². The Morgan fingerprint density at radius 3 is 3.00 bits per heavy atom. The fourth-order valence-corrected chi connectivity index (χ4v) is 2.76. The van der Waals surface area contributed by atoms with Gasteiger partial charge in [-0.15, -0.1) is 0 Å². The van der Waals surface area contributed by atoms with Gasteiger partial charge >= 0.3 is 0 Å². The molecule has 0 bridgehead atoms. The van der Waals surface area contributed by atoms with Crippen LogP contribution in [-0.4, -0.2) is 17.5 Å². The quantitative estimate of drug-likeness (QED) is 0.902. The van der Waals surface area contributed by atoms with E-state index in [4.69, 9.17) is 11.6 Å². The standard InChI is InChI=1S/C16H16ClN3O/c1-11(12-6-2-3-7-13(12)17)19-16(21)15-14-8-4-5-9-20(14)10-18-15/h2-9,11,18H,10H2,1H3,(H,19,21). The van der Waals surface area contributed by atoms with Crippen LogP contribution in [0.4, 0.5) is 0 Å². The molecule has 3 rings (SSSR count). The summed E-state index contributed by atoms with van der Waals surface area (Å²) in [6, 6.07) is 7.38. The second-order valence-corrected chi connectivity index (χ2v) is 5.39. The maximum Gasteiger partial charge on any atom is 0.270 e. The Hall–Kier alpha value is -2.20. The van der Waals surface area contributed by atoms with Gasteiger partial charge in [-0.2, -0.15) is 0 Å². The largest absolute Gasteiger partial charge is 0.361 e. The van der Waals surface area contributed by atoms with Crippen LogP contribution in [0.15, 0.2) is 60.1 Å². The van der Waals surface area contributed by atoms with E-state index < -0.39 is 0 Å². The predicted molar refractivity (Wildman–Crippen MR) is 83.2 cm³/mol. The van der Waals surface area contributed by atoms with Crippen molar-refractivity contribution in [2.24, 2.45) is 0 Å². The van der Waals surface area contributed by atoms with Gasteiger partial charge < -0.3 is 15.5 Å². The number of fused-ring (bicyclic) bond motifs is 1. The Kier molecular flexibility index (Phi) is 3.71. The third-order valence-corrected chi connectivity index (χ3v) is 3.91. The van der Waals surface area contributed by atoms with Crippen LogP contribution in [-0.2, 0) is 4.79 Å². The molecular formula is C16H16ClN3O. The molecular weight excluding hydrogens is 286 g/mol. The zero-order valence-corrected chi connectivity index (χ0v) is 12.4. The van der Waals surface area contributed by atoms with Gasteiger partial charge in [-0.05, 0) is 30.7 Å². The van der Waals surface area contributed by atoms with Crippen molar-refractivity contribution in [3.05, 3.63) is 70.7 Å². The van der Waals surface area contributed by atoms with Crippen LogP contribution in [0.3, 0.4) is 0 Å². The Bertz CT molecular complexity index is 663. The highest BCUT2D eigenvalue weighted by Crippen LogP contribution is 2.24. The summed E-state index contributed by atoms with van der Waals surface area (Å²) in [4.78, 5) is 14.4. The number of nitrogens with one attached hydrogen (secondary N) is 2. The molecule has 1 aromatic carbocycles. The van der Waals surface area contributed by atoms with Gasteiger partial charge in [-0.3, -0.25) is 4.79 Å². The number of amides is 1. The Morgan fingerprint density at radius 1 is 1.38 bits per heavy atom. The summed E-state index contributed by atoms with van der Waals surface area (Å²) in [7, 11) is 0. The van der Waals surface area contributed by atoms with Crippen LogP contribution in [0.5, 0.6) is 0 Å². The Labute approximate surface area is 128 Å². The minimum atomic E-state index is -0.154. The normalized spacial score (nSPS) is 17.5. The van der Waals surface area contributed by atoms with Gasteiger partial charge in [-0.1, -0.05) is 35.9 Å². The van der Waals surface area contributed by atoms with Gasteiger partial charge in [0.15, 0.2) is 0 Å². The third kappa shape index (κ3) is 2.67. The smallest absolute Gasteiger partial charge is 0.270 e. The monoisotopic (exact) mass is 301 g/mol. The summed E-state index contributed by atoms with van der Waals surface area (Å²) < 4.78 is 0. The number of hydrogen-bond acceptors (Lipinski definition) is 3. The summed E-state index contributed by atoms with van der Waals surface area (Å²) in [6.45, 7) is 2.53. The average Bonchev–Trinajstić information content (AvgIpc) is 2.91. The highest BCUT2D eigenvalue weighted by atomic mass is 35.5. The van der Waals surface area contributed by atoms with Crippen LogP contribution in [0.1, 0.15) is 18.5 Å². The molecule has 2 aliphatic heterocycles. The molecule has 0 spiro atoms. The Balaban J connectivity index is 1.77. The molecule has 4 nitrogen and oxygen atoms in total. The number of hydrogen-bond donors (Lipinski definition) is 2. The lowest BCUT2D eigenvalue weighted by Crippen LogP contribution is -2.32. The molecule has 1 atom stereocenters. The van der Waals surface area contributed by atoms with Crippen molar-refractivity contribution < 1.29 is 4.79 Å². The van der Waals surface area contributed by atoms with Gasteiger partial charge in [0, 0.05) is 11.2 Å². The van der Waals surface area contributed by atoms with Crippen molar-refractivity contribution >= 4 is 17.5 Å². The summed E-state index contributed by atoms with van der Waals surface area (Å²) in [5, 5.41) is 6.77. The molecule has 2 aliphatic rings. The number of halogens is 1. The Morgan fingerprint density at radius 2 is 2.19 bits per heavy atom. The van der Waals surface area contributed by atoms with Gasteiger partial charge in [0.05, 0.1) is 18.4 Å². The molecule has 0 saturated carbocycles. The molecule has 5 heteroatoms. The fraction of sp³-hybridized carbons (Fsp3) is 0.188. The minimum Gasteiger partial charge on any atom is -0.361 e. The highest BCUT2D eigenvalue weighted by molar-refractivity contribution is 6.31. The van der Waals surface area contributed by atoms with Crippen molar-refractivity contribution in [1.29, 1.82) is 0 Å². The number of allylic oxidation sites excluding steroid dienone is 3. The summed E-state index contributed by atoms with van der Waals surface area (Å²) >= 11 is 6.17. The van der Waals surface area contributed by atoms with Gasteiger partial charge in [0.1, 0.15) is 5.70 Å². The van der Waals surface area contributed by atoms with E-state index in [0.29, 0.717) is 17.4 Å². The lowest BCUT2D eigenvalue weighted by molar-refractivity contribution is -0.118. The van der Waals surface area contributed by atoms with Crippen LogP contribution < -0.4 is 10.6 Å². The summed E-state index contributed by atoms with van der Waals surface area (Å²) in [6.07, 6.45) is 7.73. The molecule has 108 valence electrons. The SMILES string of the molecule is CC(NC(=O)C1=C2C=CC=CN2CN1)c1ccccc1Cl. The number of benzene rings is 1. The molecule has 0 radical (unpaired) electrons. The first-order valence-electron chi connectivity index (χ1n) is 6.82. The zero-order valence-electron chi connectivity index (χ0n) is 11.6. The summed E-state index contributed by atoms with van der Waals surface area (Å²) in [5.74, 6) is -0.125. The molecule has 0 fully saturated rings. The van der Waals surface area contributed by atoms with Crippen LogP contribution in [0, 0.1) is 0 Å². The van der Waals surface area contributed by atoms with E-state index >= 15 is 0 Å². The maximum absolute atomic E-state index is 12.4. The molecule has 2 N–H and O–H groups in total.